The van der Waals surface area contributed by atoms with Crippen molar-refractivity contribution < 1.29 is 0 Å². The van der Waals surface area contributed by atoms with Gasteiger partial charge in [-0.25, -0.2) is 4.98 Å². The molecule has 1 aliphatic rings. The number of aryl methyl sites for hydroxylation is 1. The van der Waals surface area contributed by atoms with Crippen LogP contribution in [0.4, 0.5) is 5.82 Å². The predicted molar refractivity (Wildman–Crippen MR) is 71.0 cm³/mol. The van der Waals surface area contributed by atoms with E-state index in [2.05, 4.69) is 50.8 Å². The van der Waals surface area contributed by atoms with Gasteiger partial charge in [-0.3, -0.25) is 0 Å². The highest BCUT2D eigenvalue weighted by Crippen LogP contribution is 2.20. The quantitative estimate of drug-likeness (QED) is 0.789. The maximum absolute atomic E-state index is 4.49. The number of hydrogen-bond acceptors (Lipinski definition) is 3. The molecular weight excluding hydrogens is 266 g/mol. The summed E-state index contributed by atoms with van der Waals surface area (Å²) in [5.41, 5.74) is 1.25. The fraction of sp³-hybridized carbons (Fsp3) is 0.583. The van der Waals surface area contributed by atoms with E-state index < -0.39 is 0 Å². The Balaban J connectivity index is 2.13. The molecule has 0 amide bonds. The van der Waals surface area contributed by atoms with Gasteiger partial charge in [-0.1, -0.05) is 0 Å². The molecule has 4 heteroatoms. The third kappa shape index (κ3) is 2.74. The fourth-order valence-electron chi connectivity index (χ4n) is 1.97. The maximum Gasteiger partial charge on any atom is 0.128 e. The van der Waals surface area contributed by atoms with Gasteiger partial charge in [-0.05, 0) is 54.5 Å². The van der Waals surface area contributed by atoms with Crippen LogP contribution in [0.2, 0.25) is 0 Å². The smallest absolute Gasteiger partial charge is 0.128 e. The van der Waals surface area contributed by atoms with Crippen LogP contribution >= 0.6 is 15.9 Å². The van der Waals surface area contributed by atoms with Gasteiger partial charge in [0.15, 0.2) is 0 Å². The molecule has 0 aromatic carbocycles. The molecule has 0 atom stereocenters. The molecule has 0 N–H and O–H groups in total. The Labute approximate surface area is 106 Å². The molecule has 16 heavy (non-hydrogen) atoms. The van der Waals surface area contributed by atoms with E-state index >= 15 is 0 Å². The van der Waals surface area contributed by atoms with Gasteiger partial charge in [0.1, 0.15) is 5.82 Å². The number of aromatic nitrogens is 1. The summed E-state index contributed by atoms with van der Waals surface area (Å²) in [5, 5.41) is 0. The van der Waals surface area contributed by atoms with Gasteiger partial charge >= 0.3 is 0 Å². The number of pyridine rings is 1. The molecule has 0 saturated carbocycles. The number of halogens is 1. The van der Waals surface area contributed by atoms with Gasteiger partial charge in [0.2, 0.25) is 0 Å². The molecule has 0 bridgehead atoms. The van der Waals surface area contributed by atoms with E-state index in [4.69, 9.17) is 0 Å². The molecule has 1 aliphatic heterocycles. The first-order valence-electron chi connectivity index (χ1n) is 5.72. The van der Waals surface area contributed by atoms with Gasteiger partial charge in [-0.2, -0.15) is 0 Å². The van der Waals surface area contributed by atoms with Crippen LogP contribution in [-0.2, 0) is 0 Å². The number of hydrogen-bond donors (Lipinski definition) is 0. The molecular formula is C12H18BrN3. The zero-order valence-corrected chi connectivity index (χ0v) is 11.5. The molecule has 2 rings (SSSR count). The summed E-state index contributed by atoms with van der Waals surface area (Å²) in [4.78, 5) is 9.25. The summed E-state index contributed by atoms with van der Waals surface area (Å²) >= 11 is 3.49. The van der Waals surface area contributed by atoms with E-state index in [0.29, 0.717) is 0 Å². The lowest BCUT2D eigenvalue weighted by molar-refractivity contribution is 0.360. The zero-order valence-electron chi connectivity index (χ0n) is 9.91. The first-order chi connectivity index (χ1) is 7.66. The summed E-state index contributed by atoms with van der Waals surface area (Å²) in [7, 11) is 2.18. The second-order valence-corrected chi connectivity index (χ2v) is 5.29. The molecule has 0 aliphatic carbocycles. The standard InChI is InChI=1S/C12H18BrN3/c1-10-8-12(14-9-11(10)13)16-5-3-4-15(2)6-7-16/h8-9H,3-7H2,1-2H3. The average Bonchev–Trinajstić information content (AvgIpc) is 2.47. The van der Waals surface area contributed by atoms with Crippen molar-refractivity contribution in [2.75, 3.05) is 38.1 Å². The minimum absolute atomic E-state index is 1.07. The molecule has 0 unspecified atom stereocenters. The first-order valence-corrected chi connectivity index (χ1v) is 6.52. The van der Waals surface area contributed by atoms with E-state index in [1.807, 2.05) is 6.20 Å². The van der Waals surface area contributed by atoms with Gasteiger partial charge in [0, 0.05) is 30.3 Å². The van der Waals surface area contributed by atoms with E-state index in [9.17, 15) is 0 Å². The molecule has 1 saturated heterocycles. The van der Waals surface area contributed by atoms with Crippen molar-refractivity contribution in [3.8, 4) is 0 Å². The van der Waals surface area contributed by atoms with Crippen molar-refractivity contribution in [1.29, 1.82) is 0 Å². The van der Waals surface area contributed by atoms with Crippen LogP contribution in [0, 0.1) is 6.92 Å². The van der Waals surface area contributed by atoms with Crippen LogP contribution in [0.3, 0.4) is 0 Å². The lowest BCUT2D eigenvalue weighted by Gasteiger charge is -2.22. The average molecular weight is 284 g/mol. The van der Waals surface area contributed by atoms with Crippen LogP contribution in [0.1, 0.15) is 12.0 Å². The molecule has 1 fully saturated rings. The normalized spacial score (nSPS) is 18.6. The van der Waals surface area contributed by atoms with Crippen molar-refractivity contribution in [3.05, 3.63) is 22.3 Å². The summed E-state index contributed by atoms with van der Waals surface area (Å²) in [6, 6.07) is 2.16. The van der Waals surface area contributed by atoms with Crippen LogP contribution in [0.15, 0.2) is 16.7 Å². The Bertz CT molecular complexity index is 367. The largest absolute Gasteiger partial charge is 0.355 e. The van der Waals surface area contributed by atoms with E-state index in [0.717, 1.165) is 29.9 Å². The number of rotatable bonds is 1. The Morgan fingerprint density at radius 3 is 2.81 bits per heavy atom. The highest BCUT2D eigenvalue weighted by atomic mass is 79.9. The molecule has 88 valence electrons. The highest BCUT2D eigenvalue weighted by Gasteiger charge is 2.13. The summed E-state index contributed by atoms with van der Waals surface area (Å²) in [5.74, 6) is 1.11. The topological polar surface area (TPSA) is 19.4 Å². The Morgan fingerprint density at radius 1 is 1.25 bits per heavy atom. The Morgan fingerprint density at radius 2 is 2.06 bits per heavy atom. The summed E-state index contributed by atoms with van der Waals surface area (Å²) < 4.78 is 1.09. The van der Waals surface area contributed by atoms with E-state index in [-0.39, 0.29) is 0 Å². The maximum atomic E-state index is 4.49. The van der Waals surface area contributed by atoms with Crippen molar-refractivity contribution in [2.45, 2.75) is 13.3 Å². The second-order valence-electron chi connectivity index (χ2n) is 4.44. The summed E-state index contributed by atoms with van der Waals surface area (Å²) in [6.45, 7) is 6.60. The van der Waals surface area contributed by atoms with E-state index in [1.54, 1.807) is 0 Å². The van der Waals surface area contributed by atoms with Gasteiger partial charge < -0.3 is 9.80 Å². The lowest BCUT2D eigenvalue weighted by Crippen LogP contribution is -2.29. The van der Waals surface area contributed by atoms with Crippen LogP contribution in [0.25, 0.3) is 0 Å². The fourth-order valence-corrected chi connectivity index (χ4v) is 2.19. The molecule has 1 aromatic heterocycles. The number of nitrogens with zero attached hydrogens (tertiary/aromatic N) is 3. The van der Waals surface area contributed by atoms with Crippen LogP contribution in [-0.4, -0.2) is 43.1 Å². The number of likely N-dealkylation sites (N-methyl/N-ethyl adjacent to an activating group) is 1. The molecule has 0 spiro atoms. The third-order valence-electron chi connectivity index (χ3n) is 3.08. The zero-order chi connectivity index (χ0) is 11.5. The number of anilines is 1. The molecule has 3 nitrogen and oxygen atoms in total. The van der Waals surface area contributed by atoms with Crippen LogP contribution < -0.4 is 4.90 Å². The van der Waals surface area contributed by atoms with Crippen molar-refractivity contribution in [2.24, 2.45) is 0 Å². The van der Waals surface area contributed by atoms with Crippen LogP contribution in [0.5, 0.6) is 0 Å². The molecule has 1 aromatic rings. The lowest BCUT2D eigenvalue weighted by atomic mass is 10.3. The Hall–Kier alpha value is -0.610. The van der Waals surface area contributed by atoms with Crippen molar-refractivity contribution in [3.63, 3.8) is 0 Å². The van der Waals surface area contributed by atoms with Gasteiger partial charge in [0.25, 0.3) is 0 Å². The first kappa shape index (κ1) is 11.9. The SMILES string of the molecule is Cc1cc(N2CCCN(C)CC2)ncc1Br. The summed E-state index contributed by atoms with van der Waals surface area (Å²) in [6.07, 6.45) is 3.12. The molecule has 2 heterocycles. The monoisotopic (exact) mass is 283 g/mol. The Kier molecular flexibility index (Phi) is 3.82. The predicted octanol–water partition coefficient (Wildman–Crippen LogP) is 2.29. The van der Waals surface area contributed by atoms with Crippen molar-refractivity contribution >= 4 is 21.7 Å². The van der Waals surface area contributed by atoms with E-state index in [1.165, 1.54) is 18.5 Å². The van der Waals surface area contributed by atoms with Crippen molar-refractivity contribution in [1.82, 2.24) is 9.88 Å². The highest BCUT2D eigenvalue weighted by molar-refractivity contribution is 9.10. The molecule has 0 radical (unpaired) electrons. The van der Waals surface area contributed by atoms with Gasteiger partial charge in [0.05, 0.1) is 0 Å². The second kappa shape index (κ2) is 5.15. The van der Waals surface area contributed by atoms with Gasteiger partial charge in [-0.15, -0.1) is 0 Å². The third-order valence-corrected chi connectivity index (χ3v) is 3.91. The minimum atomic E-state index is 1.07. The minimum Gasteiger partial charge on any atom is -0.355 e.